The second-order valence-electron chi connectivity index (χ2n) is 9.65. The van der Waals surface area contributed by atoms with Crippen LogP contribution in [0.2, 0.25) is 5.02 Å². The molecule has 0 radical (unpaired) electrons. The van der Waals surface area contributed by atoms with Crippen LogP contribution in [0.3, 0.4) is 0 Å². The molecule has 0 spiro atoms. The van der Waals surface area contributed by atoms with Gasteiger partial charge in [-0.25, -0.2) is 0 Å². The number of carbonyl (C=O) groups excluding carboxylic acids is 2. The normalized spacial score (nSPS) is 17.1. The molecule has 196 valence electrons. The maximum atomic E-state index is 14.2. The number of fused-ring (bicyclic) bond motifs is 1. The minimum absolute atomic E-state index is 0.0304. The fraction of sp³-hybridized carbons (Fsp3) is 0.414. The molecule has 2 aromatic carbocycles. The Morgan fingerprint density at radius 2 is 1.76 bits per heavy atom. The minimum atomic E-state index is -0.231. The Hall–Kier alpha value is -3.32. The third-order valence-electron chi connectivity index (χ3n) is 6.91. The molecule has 0 unspecified atom stereocenters. The van der Waals surface area contributed by atoms with E-state index in [1.54, 1.807) is 19.1 Å². The molecule has 0 bridgehead atoms. The monoisotopic (exact) mass is 523 g/mol. The number of rotatable bonds is 4. The molecule has 1 aliphatic rings. The second kappa shape index (κ2) is 11.8. The molecule has 1 aromatic heterocycles. The molecule has 4 rings (SSSR count). The molecule has 37 heavy (non-hydrogen) atoms. The Morgan fingerprint density at radius 3 is 2.46 bits per heavy atom. The molecule has 3 aromatic rings. The lowest BCUT2D eigenvalue weighted by Crippen LogP contribution is -2.48. The van der Waals surface area contributed by atoms with Gasteiger partial charge in [0, 0.05) is 25.2 Å². The summed E-state index contributed by atoms with van der Waals surface area (Å²) in [6.45, 7) is 9.86. The van der Waals surface area contributed by atoms with Crippen LogP contribution in [0.4, 0.5) is 0 Å². The van der Waals surface area contributed by atoms with Crippen molar-refractivity contribution in [2.75, 3.05) is 26.2 Å². The van der Waals surface area contributed by atoms with Crippen molar-refractivity contribution < 1.29 is 18.8 Å². The highest BCUT2D eigenvalue weighted by molar-refractivity contribution is 6.33. The maximum Gasteiger partial charge on any atom is 0.260 e. The molecule has 0 saturated heterocycles. The number of hydrogen-bond donors (Lipinski definition) is 0. The Balaban J connectivity index is 1.73. The van der Waals surface area contributed by atoms with Gasteiger partial charge in [0.15, 0.2) is 0 Å². The first kappa shape index (κ1) is 26.7. The summed E-state index contributed by atoms with van der Waals surface area (Å²) in [5.74, 6) is 0.887. The highest BCUT2D eigenvalue weighted by Gasteiger charge is 2.33. The molecule has 0 saturated carbocycles. The van der Waals surface area contributed by atoms with Gasteiger partial charge in [-0.3, -0.25) is 9.59 Å². The van der Waals surface area contributed by atoms with E-state index in [9.17, 15) is 9.59 Å². The third kappa shape index (κ3) is 5.67. The van der Waals surface area contributed by atoms with Crippen molar-refractivity contribution in [3.05, 3.63) is 70.4 Å². The molecule has 1 atom stereocenters. The van der Waals surface area contributed by atoms with Crippen molar-refractivity contribution in [1.29, 1.82) is 0 Å². The van der Waals surface area contributed by atoms with Crippen molar-refractivity contribution in [2.45, 2.75) is 46.6 Å². The first-order chi connectivity index (χ1) is 17.8. The van der Waals surface area contributed by atoms with Crippen LogP contribution in [0.25, 0.3) is 11.3 Å². The molecular formula is C29H34ClN3O4. The minimum Gasteiger partial charge on any atom is -0.491 e. The number of halogens is 1. The molecule has 0 aliphatic carbocycles. The fourth-order valence-electron chi connectivity index (χ4n) is 4.77. The van der Waals surface area contributed by atoms with E-state index in [2.05, 4.69) is 19.0 Å². The molecular weight excluding hydrogens is 490 g/mol. The Morgan fingerprint density at radius 1 is 1.08 bits per heavy atom. The van der Waals surface area contributed by atoms with Gasteiger partial charge in [-0.2, -0.15) is 0 Å². The molecule has 0 N–H and O–H groups in total. The standard InChI is InChI=1S/C29H34ClN3O4/c1-5-32-16-10-11-17-33(24(19(2)3)18-36-25-15-9-7-13-22(25)28(32)34)29(35)26-20(4)37-31-27(26)21-12-6-8-14-23(21)30/h6-9,12-15,19,24H,5,10-11,16-18H2,1-4H3/t24-/m1/s1. The molecule has 7 nitrogen and oxygen atoms in total. The largest absolute Gasteiger partial charge is 0.491 e. The maximum absolute atomic E-state index is 14.2. The van der Waals surface area contributed by atoms with E-state index in [4.69, 9.17) is 20.9 Å². The predicted molar refractivity (Wildman–Crippen MR) is 144 cm³/mol. The van der Waals surface area contributed by atoms with Crippen molar-refractivity contribution in [1.82, 2.24) is 15.0 Å². The van der Waals surface area contributed by atoms with E-state index in [0.29, 0.717) is 58.6 Å². The smallest absolute Gasteiger partial charge is 0.260 e. The van der Waals surface area contributed by atoms with Gasteiger partial charge in [0.05, 0.1) is 16.6 Å². The van der Waals surface area contributed by atoms with Gasteiger partial charge in [-0.1, -0.05) is 60.9 Å². The fourth-order valence-corrected chi connectivity index (χ4v) is 4.99. The van der Waals surface area contributed by atoms with Crippen molar-refractivity contribution >= 4 is 23.4 Å². The van der Waals surface area contributed by atoms with Crippen LogP contribution in [0.5, 0.6) is 5.75 Å². The summed E-state index contributed by atoms with van der Waals surface area (Å²) in [7, 11) is 0. The van der Waals surface area contributed by atoms with Crippen LogP contribution < -0.4 is 4.74 Å². The van der Waals surface area contributed by atoms with Crippen molar-refractivity contribution in [2.24, 2.45) is 5.92 Å². The van der Waals surface area contributed by atoms with Crippen LogP contribution in [-0.2, 0) is 0 Å². The summed E-state index contributed by atoms with van der Waals surface area (Å²) >= 11 is 6.46. The number of aryl methyl sites for hydroxylation is 1. The van der Waals surface area contributed by atoms with Crippen molar-refractivity contribution in [3.63, 3.8) is 0 Å². The Kier molecular flexibility index (Phi) is 8.54. The number of aromatic nitrogens is 1. The Bertz CT molecular complexity index is 1260. The second-order valence-corrected chi connectivity index (χ2v) is 10.1. The van der Waals surface area contributed by atoms with Crippen molar-refractivity contribution in [3.8, 4) is 17.0 Å². The van der Waals surface area contributed by atoms with Gasteiger partial charge in [0.25, 0.3) is 11.8 Å². The first-order valence-corrected chi connectivity index (χ1v) is 13.2. The zero-order chi connectivity index (χ0) is 26.5. The number of ether oxygens (including phenoxy) is 1. The summed E-state index contributed by atoms with van der Waals surface area (Å²) in [5, 5.41) is 4.72. The van der Waals surface area contributed by atoms with Crippen LogP contribution in [0.15, 0.2) is 53.1 Å². The summed E-state index contributed by atoms with van der Waals surface area (Å²) in [5.41, 5.74) is 2.05. The SMILES string of the molecule is CCN1CCCCN(C(=O)c2c(-c3ccccc3Cl)noc2C)[C@@H](C(C)C)COc2ccccc2C1=O. The van der Waals surface area contributed by atoms with Gasteiger partial charge in [-0.15, -0.1) is 0 Å². The lowest BCUT2D eigenvalue weighted by molar-refractivity contribution is 0.0511. The van der Waals surface area contributed by atoms with Crippen LogP contribution in [-0.4, -0.2) is 59.1 Å². The summed E-state index contributed by atoms with van der Waals surface area (Å²) in [6.07, 6.45) is 1.52. The first-order valence-electron chi connectivity index (χ1n) is 12.9. The molecule has 2 heterocycles. The predicted octanol–water partition coefficient (Wildman–Crippen LogP) is 6.11. The van der Waals surface area contributed by atoms with Crippen LogP contribution in [0, 0.1) is 12.8 Å². The van der Waals surface area contributed by atoms with Gasteiger partial charge < -0.3 is 19.1 Å². The van der Waals surface area contributed by atoms with E-state index in [0.717, 1.165) is 12.8 Å². The van der Waals surface area contributed by atoms with Gasteiger partial charge in [0.2, 0.25) is 0 Å². The van der Waals surface area contributed by atoms with Gasteiger partial charge in [-0.05, 0) is 50.8 Å². The van der Waals surface area contributed by atoms with Crippen LogP contribution >= 0.6 is 11.6 Å². The van der Waals surface area contributed by atoms with E-state index in [-0.39, 0.29) is 30.4 Å². The third-order valence-corrected chi connectivity index (χ3v) is 7.24. The average molecular weight is 524 g/mol. The molecule has 8 heteroatoms. The lowest BCUT2D eigenvalue weighted by Gasteiger charge is -2.35. The quantitative estimate of drug-likeness (QED) is 0.412. The number of carbonyl (C=O) groups is 2. The average Bonchev–Trinajstić information content (AvgIpc) is 3.27. The zero-order valence-corrected chi connectivity index (χ0v) is 22.6. The number of hydrogen-bond acceptors (Lipinski definition) is 5. The lowest BCUT2D eigenvalue weighted by atomic mass is 9.99. The highest BCUT2D eigenvalue weighted by atomic mass is 35.5. The number of amides is 2. The summed E-state index contributed by atoms with van der Waals surface area (Å²) in [6, 6.07) is 14.4. The number of nitrogens with zero attached hydrogens (tertiary/aromatic N) is 3. The van der Waals surface area contributed by atoms with E-state index >= 15 is 0 Å². The Labute approximate surface area is 223 Å². The summed E-state index contributed by atoms with van der Waals surface area (Å²) in [4.78, 5) is 31.1. The molecule has 1 aliphatic heterocycles. The van der Waals surface area contributed by atoms with Crippen LogP contribution in [0.1, 0.15) is 60.1 Å². The van der Waals surface area contributed by atoms with E-state index < -0.39 is 0 Å². The number of para-hydroxylation sites is 1. The topological polar surface area (TPSA) is 75.9 Å². The molecule has 2 amide bonds. The highest BCUT2D eigenvalue weighted by Crippen LogP contribution is 2.33. The number of benzene rings is 2. The zero-order valence-electron chi connectivity index (χ0n) is 21.9. The van der Waals surface area contributed by atoms with E-state index in [1.165, 1.54) is 0 Å². The summed E-state index contributed by atoms with van der Waals surface area (Å²) < 4.78 is 11.8. The van der Waals surface area contributed by atoms with Gasteiger partial charge >= 0.3 is 0 Å². The van der Waals surface area contributed by atoms with Gasteiger partial charge in [0.1, 0.15) is 29.4 Å². The molecule has 0 fully saturated rings. The van der Waals surface area contributed by atoms with E-state index in [1.807, 2.05) is 53.1 Å².